The van der Waals surface area contributed by atoms with Gasteiger partial charge in [0, 0.05) is 17.7 Å². The number of nitrogens with one attached hydrogen (secondary N) is 2. The maximum absolute atomic E-state index is 13.2. The molecule has 0 spiro atoms. The number of ether oxygens (including phenoxy) is 2. The van der Waals surface area contributed by atoms with Crippen LogP contribution in [0.4, 0.5) is 10.5 Å². The van der Waals surface area contributed by atoms with E-state index in [0.717, 1.165) is 16.7 Å². The number of benzene rings is 3. The second-order valence-corrected chi connectivity index (χ2v) is 7.78. The molecule has 0 fully saturated rings. The highest BCUT2D eigenvalue weighted by atomic mass is 16.5. The summed E-state index contributed by atoms with van der Waals surface area (Å²) in [5.41, 5.74) is 3.76. The lowest BCUT2D eigenvalue weighted by Crippen LogP contribution is -2.43. The second-order valence-electron chi connectivity index (χ2n) is 7.78. The summed E-state index contributed by atoms with van der Waals surface area (Å²) in [6, 6.07) is 23.2. The third kappa shape index (κ3) is 7.57. The Hall–Kier alpha value is -4.39. The van der Waals surface area contributed by atoms with Crippen LogP contribution in [0.3, 0.4) is 0 Å². The molecule has 7 nitrogen and oxygen atoms in total. The highest BCUT2D eigenvalue weighted by Gasteiger charge is 2.24. The predicted molar refractivity (Wildman–Crippen MR) is 134 cm³/mol. The molecule has 3 rings (SSSR count). The number of anilines is 1. The van der Waals surface area contributed by atoms with E-state index in [1.165, 1.54) is 13.2 Å². The lowest BCUT2D eigenvalue weighted by Gasteiger charge is -2.18. The normalized spacial score (nSPS) is 11.1. The maximum Gasteiger partial charge on any atom is 0.411 e. The number of hydrogen-bond acceptors (Lipinski definition) is 5. The fraction of sp³-hybridized carbons (Fsp3) is 0.179. The molecule has 0 aromatic heterocycles. The third-order valence-electron chi connectivity index (χ3n) is 5.26. The molecule has 2 amide bonds. The first-order valence-corrected chi connectivity index (χ1v) is 11.1. The second kappa shape index (κ2) is 12.7. The van der Waals surface area contributed by atoms with Crippen LogP contribution in [0.1, 0.15) is 27.0 Å². The molecule has 180 valence electrons. The predicted octanol–water partition coefficient (Wildman–Crippen LogP) is 4.53. The summed E-state index contributed by atoms with van der Waals surface area (Å²) in [6.45, 7) is 3.60. The van der Waals surface area contributed by atoms with Gasteiger partial charge in [0.25, 0.3) is 5.91 Å². The molecule has 1 atom stereocenters. The minimum absolute atomic E-state index is 0.110. The molecule has 0 radical (unpaired) electrons. The van der Waals surface area contributed by atoms with Gasteiger partial charge in [0.1, 0.15) is 12.6 Å². The number of amides is 2. The van der Waals surface area contributed by atoms with E-state index in [-0.39, 0.29) is 18.9 Å². The van der Waals surface area contributed by atoms with Crippen LogP contribution < -0.4 is 10.6 Å². The van der Waals surface area contributed by atoms with E-state index < -0.39 is 18.1 Å². The first kappa shape index (κ1) is 25.2. The van der Waals surface area contributed by atoms with Gasteiger partial charge in [0.2, 0.25) is 0 Å². The highest BCUT2D eigenvalue weighted by Crippen LogP contribution is 2.16. The molecular formula is C28H28N2O5. The van der Waals surface area contributed by atoms with Crippen molar-refractivity contribution in [2.24, 2.45) is 0 Å². The smallest absolute Gasteiger partial charge is 0.411 e. The minimum Gasteiger partial charge on any atom is -0.467 e. The van der Waals surface area contributed by atoms with Crippen LogP contribution in [0.25, 0.3) is 0 Å². The Morgan fingerprint density at radius 1 is 0.914 bits per heavy atom. The monoisotopic (exact) mass is 472 g/mol. The third-order valence-corrected chi connectivity index (χ3v) is 5.26. The van der Waals surface area contributed by atoms with Crippen LogP contribution in [-0.2, 0) is 27.1 Å². The van der Waals surface area contributed by atoms with Gasteiger partial charge in [-0.25, -0.2) is 9.59 Å². The van der Waals surface area contributed by atoms with Crippen LogP contribution >= 0.6 is 0 Å². The summed E-state index contributed by atoms with van der Waals surface area (Å²) in [6.07, 6.45) is 1.70. The summed E-state index contributed by atoms with van der Waals surface area (Å²) < 4.78 is 9.82. The number of rotatable bonds is 10. The Bertz CT molecular complexity index is 1160. The molecule has 3 aromatic carbocycles. The summed E-state index contributed by atoms with van der Waals surface area (Å²) in [7, 11) is 1.28. The van der Waals surface area contributed by atoms with Crippen molar-refractivity contribution in [2.45, 2.75) is 18.9 Å². The molecule has 0 aliphatic carbocycles. The van der Waals surface area contributed by atoms with Gasteiger partial charge in [-0.3, -0.25) is 10.1 Å². The average Bonchev–Trinajstić information content (AvgIpc) is 2.88. The van der Waals surface area contributed by atoms with E-state index in [4.69, 9.17) is 9.47 Å². The number of carbonyl (C=O) groups excluding carboxylic acids is 3. The molecule has 0 unspecified atom stereocenters. The van der Waals surface area contributed by atoms with Crippen molar-refractivity contribution in [3.63, 3.8) is 0 Å². The molecule has 0 aliphatic heterocycles. The molecule has 0 saturated heterocycles. The van der Waals surface area contributed by atoms with Crippen LogP contribution in [-0.4, -0.2) is 37.7 Å². The molecule has 0 aliphatic rings. The quantitative estimate of drug-likeness (QED) is 0.334. The summed E-state index contributed by atoms with van der Waals surface area (Å²) >= 11 is 0. The number of hydrogen-bond donors (Lipinski definition) is 2. The fourth-order valence-corrected chi connectivity index (χ4v) is 3.53. The van der Waals surface area contributed by atoms with Crippen molar-refractivity contribution in [2.75, 3.05) is 19.0 Å². The lowest BCUT2D eigenvalue weighted by molar-refractivity contribution is -0.142. The Labute approximate surface area is 204 Å². The average molecular weight is 473 g/mol. The van der Waals surface area contributed by atoms with Gasteiger partial charge >= 0.3 is 12.1 Å². The molecule has 2 N–H and O–H groups in total. The molecule has 0 heterocycles. The lowest BCUT2D eigenvalue weighted by atomic mass is 9.98. The Balaban J connectivity index is 1.70. The van der Waals surface area contributed by atoms with Gasteiger partial charge in [-0.2, -0.15) is 0 Å². The first-order chi connectivity index (χ1) is 17.0. The highest BCUT2D eigenvalue weighted by molar-refractivity contribution is 5.98. The van der Waals surface area contributed by atoms with Gasteiger partial charge in [0.05, 0.1) is 7.11 Å². The van der Waals surface area contributed by atoms with Gasteiger partial charge in [-0.1, -0.05) is 73.3 Å². The van der Waals surface area contributed by atoms with Crippen LogP contribution in [0, 0.1) is 0 Å². The molecular weight excluding hydrogens is 444 g/mol. The molecule has 3 aromatic rings. The Kier molecular flexibility index (Phi) is 9.19. The zero-order valence-corrected chi connectivity index (χ0v) is 19.5. The zero-order valence-electron chi connectivity index (χ0n) is 19.5. The zero-order chi connectivity index (χ0) is 25.0. The Morgan fingerprint density at radius 2 is 1.60 bits per heavy atom. The molecule has 0 bridgehead atoms. The fourth-order valence-electron chi connectivity index (χ4n) is 3.53. The van der Waals surface area contributed by atoms with Crippen LogP contribution in [0.5, 0.6) is 0 Å². The van der Waals surface area contributed by atoms with Gasteiger partial charge < -0.3 is 14.8 Å². The SMILES string of the molecule is C=CCOC(=O)Nc1ccc(C[C@H](NC(=O)c2ccccc2Cc2ccccc2)C(=O)OC)cc1. The molecule has 0 saturated carbocycles. The number of esters is 1. The Morgan fingerprint density at radius 3 is 2.29 bits per heavy atom. The van der Waals surface area contributed by atoms with Crippen molar-refractivity contribution >= 4 is 23.7 Å². The van der Waals surface area contributed by atoms with Gasteiger partial charge in [0.15, 0.2) is 0 Å². The summed E-state index contributed by atoms with van der Waals surface area (Å²) in [4.78, 5) is 37.3. The number of methoxy groups -OCH3 is 1. The van der Waals surface area contributed by atoms with Crippen molar-refractivity contribution in [3.8, 4) is 0 Å². The van der Waals surface area contributed by atoms with Crippen molar-refractivity contribution in [3.05, 3.63) is 114 Å². The summed E-state index contributed by atoms with van der Waals surface area (Å²) in [5, 5.41) is 5.42. The van der Waals surface area contributed by atoms with E-state index in [1.54, 1.807) is 36.4 Å². The van der Waals surface area contributed by atoms with Crippen LogP contribution in [0.2, 0.25) is 0 Å². The molecule has 35 heavy (non-hydrogen) atoms. The van der Waals surface area contributed by atoms with E-state index >= 15 is 0 Å². The van der Waals surface area contributed by atoms with E-state index in [2.05, 4.69) is 17.2 Å². The van der Waals surface area contributed by atoms with E-state index in [1.807, 2.05) is 42.5 Å². The molecule has 7 heteroatoms. The standard InChI is InChI=1S/C28H28N2O5/c1-3-17-35-28(33)29-23-15-13-21(14-16-23)19-25(27(32)34-2)30-26(31)24-12-8-7-11-22(24)18-20-9-5-4-6-10-20/h3-16,25H,1,17-19H2,2H3,(H,29,33)(H,30,31)/t25-/m0/s1. The van der Waals surface area contributed by atoms with Crippen LogP contribution in [0.15, 0.2) is 91.5 Å². The minimum atomic E-state index is -0.881. The van der Waals surface area contributed by atoms with Crippen molar-refractivity contribution < 1.29 is 23.9 Å². The number of carbonyl (C=O) groups is 3. The van der Waals surface area contributed by atoms with E-state index in [0.29, 0.717) is 17.7 Å². The first-order valence-electron chi connectivity index (χ1n) is 11.1. The van der Waals surface area contributed by atoms with Crippen molar-refractivity contribution in [1.29, 1.82) is 0 Å². The topological polar surface area (TPSA) is 93.7 Å². The largest absolute Gasteiger partial charge is 0.467 e. The van der Waals surface area contributed by atoms with Gasteiger partial charge in [-0.05, 0) is 41.3 Å². The van der Waals surface area contributed by atoms with E-state index in [9.17, 15) is 14.4 Å². The van der Waals surface area contributed by atoms with Crippen molar-refractivity contribution in [1.82, 2.24) is 5.32 Å². The maximum atomic E-state index is 13.2. The summed E-state index contributed by atoms with van der Waals surface area (Å²) in [5.74, 6) is -0.899. The van der Waals surface area contributed by atoms with Gasteiger partial charge in [-0.15, -0.1) is 0 Å².